The van der Waals surface area contributed by atoms with Gasteiger partial charge in [-0.05, 0) is 38.4 Å². The first-order valence-electron chi connectivity index (χ1n) is 9.61. The summed E-state index contributed by atoms with van der Waals surface area (Å²) < 4.78 is 38.9. The van der Waals surface area contributed by atoms with E-state index in [0.29, 0.717) is 18.5 Å². The molecule has 3 rings (SSSR count). The van der Waals surface area contributed by atoms with E-state index >= 15 is 0 Å². The van der Waals surface area contributed by atoms with Crippen molar-refractivity contribution >= 4 is 5.91 Å². The van der Waals surface area contributed by atoms with Gasteiger partial charge in [-0.25, -0.2) is 0 Å². The Bertz CT molecular complexity index is 679. The number of nitrogens with zero attached hydrogens (tertiary/aromatic N) is 3. The first-order valence-corrected chi connectivity index (χ1v) is 9.61. The van der Waals surface area contributed by atoms with E-state index in [0.717, 1.165) is 51.6 Å². The minimum Gasteiger partial charge on any atom is -0.343 e. The second-order valence-electron chi connectivity index (χ2n) is 7.78. The van der Waals surface area contributed by atoms with Crippen molar-refractivity contribution in [2.24, 2.45) is 0 Å². The van der Waals surface area contributed by atoms with Crippen LogP contribution in [-0.4, -0.2) is 65.9 Å². The molecule has 0 saturated carbocycles. The van der Waals surface area contributed by atoms with E-state index < -0.39 is 11.7 Å². The third-order valence-corrected chi connectivity index (χ3v) is 6.13. The summed E-state index contributed by atoms with van der Waals surface area (Å²) in [5.41, 5.74) is 0.00586. The number of carbonyl (C=O) groups excluding carboxylic acids is 1. The molecule has 1 aromatic carbocycles. The van der Waals surface area contributed by atoms with Crippen molar-refractivity contribution in [2.45, 2.75) is 44.4 Å². The Hall–Kier alpha value is -1.60. The number of piperazine rings is 1. The monoisotopic (exact) mass is 383 g/mol. The molecule has 1 spiro atoms. The normalized spacial score (nSPS) is 25.8. The molecule has 0 bridgehead atoms. The van der Waals surface area contributed by atoms with Crippen LogP contribution in [0.4, 0.5) is 13.2 Å². The molecule has 150 valence electrons. The van der Waals surface area contributed by atoms with Gasteiger partial charge in [-0.2, -0.15) is 13.2 Å². The topological polar surface area (TPSA) is 26.8 Å². The molecule has 1 aromatic rings. The number of benzene rings is 1. The number of rotatable bonds is 3. The number of amides is 1. The fraction of sp³-hybridized carbons (Fsp3) is 0.650. The molecular weight excluding hydrogens is 355 g/mol. The van der Waals surface area contributed by atoms with Gasteiger partial charge in [-0.15, -0.1) is 0 Å². The molecule has 0 N–H and O–H groups in total. The highest BCUT2D eigenvalue weighted by molar-refractivity contribution is 5.76. The molecule has 2 fully saturated rings. The Morgan fingerprint density at radius 3 is 2.63 bits per heavy atom. The van der Waals surface area contributed by atoms with Crippen LogP contribution in [0.15, 0.2) is 24.3 Å². The number of likely N-dealkylation sites (N-methyl/N-ethyl adjacent to an activating group) is 1. The van der Waals surface area contributed by atoms with Gasteiger partial charge in [0.2, 0.25) is 5.91 Å². The summed E-state index contributed by atoms with van der Waals surface area (Å²) in [7, 11) is 2.10. The SMILES string of the molecule is CCN1CC[C@@]2(CCC1=O)CN(Cc1cccc(C(F)(F)F)c1)CCN2C. The fourth-order valence-electron chi connectivity index (χ4n) is 4.35. The van der Waals surface area contributed by atoms with E-state index in [1.54, 1.807) is 6.07 Å². The summed E-state index contributed by atoms with van der Waals surface area (Å²) in [6.07, 6.45) is -2.07. The van der Waals surface area contributed by atoms with Crippen LogP contribution in [0.25, 0.3) is 0 Å². The molecule has 2 saturated heterocycles. The van der Waals surface area contributed by atoms with Gasteiger partial charge in [0, 0.05) is 51.2 Å². The predicted octanol–water partition coefficient (Wildman–Crippen LogP) is 3.22. The Kier molecular flexibility index (Phi) is 5.82. The third kappa shape index (κ3) is 4.46. The van der Waals surface area contributed by atoms with E-state index in [1.165, 1.54) is 12.1 Å². The number of hydrogen-bond donors (Lipinski definition) is 0. The molecule has 0 radical (unpaired) electrons. The lowest BCUT2D eigenvalue weighted by molar-refractivity contribution is -0.137. The average Bonchev–Trinajstić information content (AvgIpc) is 2.78. The quantitative estimate of drug-likeness (QED) is 0.802. The summed E-state index contributed by atoms with van der Waals surface area (Å²) in [5, 5.41) is 0. The molecule has 0 aromatic heterocycles. The molecule has 1 atom stereocenters. The van der Waals surface area contributed by atoms with Gasteiger partial charge >= 0.3 is 6.18 Å². The van der Waals surface area contributed by atoms with Crippen LogP contribution in [0.2, 0.25) is 0 Å². The molecule has 0 unspecified atom stereocenters. The largest absolute Gasteiger partial charge is 0.416 e. The van der Waals surface area contributed by atoms with Crippen LogP contribution in [-0.2, 0) is 17.5 Å². The highest BCUT2D eigenvalue weighted by Crippen LogP contribution is 2.33. The Morgan fingerprint density at radius 2 is 1.93 bits per heavy atom. The summed E-state index contributed by atoms with van der Waals surface area (Å²) in [5.74, 6) is 0.206. The molecule has 27 heavy (non-hydrogen) atoms. The molecule has 0 aliphatic carbocycles. The second-order valence-corrected chi connectivity index (χ2v) is 7.78. The maximum atomic E-state index is 13.0. The number of halogens is 3. The molecule has 1 amide bonds. The number of carbonyl (C=O) groups is 1. The lowest BCUT2D eigenvalue weighted by Crippen LogP contribution is -2.60. The van der Waals surface area contributed by atoms with Gasteiger partial charge in [-0.1, -0.05) is 18.2 Å². The predicted molar refractivity (Wildman–Crippen MR) is 98.2 cm³/mol. The minimum atomic E-state index is -4.31. The first-order chi connectivity index (χ1) is 12.7. The average molecular weight is 383 g/mol. The highest BCUT2D eigenvalue weighted by atomic mass is 19.4. The Morgan fingerprint density at radius 1 is 1.15 bits per heavy atom. The fourth-order valence-corrected chi connectivity index (χ4v) is 4.35. The maximum absolute atomic E-state index is 13.0. The highest BCUT2D eigenvalue weighted by Gasteiger charge is 2.42. The molecule has 2 aliphatic rings. The van der Waals surface area contributed by atoms with Crippen molar-refractivity contribution in [1.82, 2.24) is 14.7 Å². The van der Waals surface area contributed by atoms with Gasteiger partial charge in [0.25, 0.3) is 0 Å². The van der Waals surface area contributed by atoms with Gasteiger partial charge in [0.15, 0.2) is 0 Å². The van der Waals surface area contributed by atoms with Crippen molar-refractivity contribution in [3.63, 3.8) is 0 Å². The first kappa shape index (κ1) is 20.1. The Labute approximate surface area is 158 Å². The van der Waals surface area contributed by atoms with Crippen LogP contribution >= 0.6 is 0 Å². The van der Waals surface area contributed by atoms with Crippen LogP contribution in [0, 0.1) is 0 Å². The van der Waals surface area contributed by atoms with Crippen molar-refractivity contribution in [3.05, 3.63) is 35.4 Å². The zero-order valence-corrected chi connectivity index (χ0v) is 16.1. The van der Waals surface area contributed by atoms with Gasteiger partial charge in [0.1, 0.15) is 0 Å². The number of hydrogen-bond acceptors (Lipinski definition) is 3. The van der Waals surface area contributed by atoms with Crippen LogP contribution in [0.3, 0.4) is 0 Å². The number of likely N-dealkylation sites (tertiary alicyclic amines) is 1. The van der Waals surface area contributed by atoms with E-state index in [4.69, 9.17) is 0 Å². The van der Waals surface area contributed by atoms with Crippen LogP contribution in [0.5, 0.6) is 0 Å². The van der Waals surface area contributed by atoms with E-state index in [-0.39, 0.29) is 11.4 Å². The summed E-state index contributed by atoms with van der Waals surface area (Å²) in [6.45, 7) is 6.44. The van der Waals surface area contributed by atoms with Crippen LogP contribution in [0.1, 0.15) is 37.3 Å². The van der Waals surface area contributed by atoms with Crippen molar-refractivity contribution in [2.75, 3.05) is 39.8 Å². The lowest BCUT2D eigenvalue weighted by atomic mass is 9.86. The summed E-state index contributed by atoms with van der Waals surface area (Å²) in [6, 6.07) is 5.61. The summed E-state index contributed by atoms with van der Waals surface area (Å²) >= 11 is 0. The summed E-state index contributed by atoms with van der Waals surface area (Å²) in [4.78, 5) is 18.8. The lowest BCUT2D eigenvalue weighted by Gasteiger charge is -2.49. The zero-order valence-electron chi connectivity index (χ0n) is 16.1. The van der Waals surface area contributed by atoms with Crippen LogP contribution < -0.4 is 0 Å². The van der Waals surface area contributed by atoms with E-state index in [1.807, 2.05) is 11.8 Å². The van der Waals surface area contributed by atoms with E-state index in [2.05, 4.69) is 16.8 Å². The molecule has 2 heterocycles. The smallest absolute Gasteiger partial charge is 0.343 e. The van der Waals surface area contributed by atoms with E-state index in [9.17, 15) is 18.0 Å². The second kappa shape index (κ2) is 7.80. The van der Waals surface area contributed by atoms with Gasteiger partial charge < -0.3 is 4.90 Å². The third-order valence-electron chi connectivity index (χ3n) is 6.13. The zero-order chi connectivity index (χ0) is 19.7. The van der Waals surface area contributed by atoms with Crippen molar-refractivity contribution in [1.29, 1.82) is 0 Å². The standard InChI is InChI=1S/C20H28F3N3O/c1-3-26-10-9-19(8-7-18(26)27)15-25(12-11-24(19)2)14-16-5-4-6-17(13-16)20(21,22)23/h4-6,13H,3,7-12,14-15H2,1-2H3/t19-/m0/s1. The molecule has 4 nitrogen and oxygen atoms in total. The number of alkyl halides is 3. The van der Waals surface area contributed by atoms with Gasteiger partial charge in [0.05, 0.1) is 5.56 Å². The van der Waals surface area contributed by atoms with Crippen molar-refractivity contribution in [3.8, 4) is 0 Å². The van der Waals surface area contributed by atoms with Crippen molar-refractivity contribution < 1.29 is 18.0 Å². The minimum absolute atomic E-state index is 0.0839. The Balaban J connectivity index is 1.73. The van der Waals surface area contributed by atoms with Gasteiger partial charge in [-0.3, -0.25) is 14.6 Å². The molecule has 2 aliphatic heterocycles. The molecular formula is C20H28F3N3O. The molecule has 7 heteroatoms. The maximum Gasteiger partial charge on any atom is 0.416 e.